The fourth-order valence-corrected chi connectivity index (χ4v) is 1.34. The maximum Gasteiger partial charge on any atom is 0.184 e. The molecule has 4 atom stereocenters. The van der Waals surface area contributed by atoms with Crippen LogP contribution >= 0.6 is 0 Å². The van der Waals surface area contributed by atoms with Gasteiger partial charge in [0, 0.05) is 13.0 Å². The zero-order chi connectivity index (χ0) is 9.84. The molecule has 0 bridgehead atoms. The first kappa shape index (κ1) is 10.9. The Kier molecular flexibility index (Phi) is 4.08. The molecule has 0 radical (unpaired) electrons. The summed E-state index contributed by atoms with van der Waals surface area (Å²) in [4.78, 5) is 0. The fraction of sp³-hybridized carbons (Fsp3) is 1.00. The van der Waals surface area contributed by atoms with E-state index in [2.05, 4.69) is 0 Å². The maximum absolute atomic E-state index is 9.39. The summed E-state index contributed by atoms with van der Waals surface area (Å²) in [5.41, 5.74) is 0. The van der Waals surface area contributed by atoms with E-state index in [4.69, 9.17) is 14.6 Å². The van der Waals surface area contributed by atoms with E-state index in [1.54, 1.807) is 6.92 Å². The highest BCUT2D eigenvalue weighted by atomic mass is 16.7. The summed E-state index contributed by atoms with van der Waals surface area (Å²) in [5, 5.41) is 27.5. The Morgan fingerprint density at radius 1 is 1.38 bits per heavy atom. The first-order valence-corrected chi connectivity index (χ1v) is 4.43. The van der Waals surface area contributed by atoms with Crippen molar-refractivity contribution in [3.05, 3.63) is 0 Å². The summed E-state index contributed by atoms with van der Waals surface area (Å²) in [5.74, 6) is 0. The first-order valence-electron chi connectivity index (χ1n) is 4.43. The van der Waals surface area contributed by atoms with Crippen molar-refractivity contribution in [3.63, 3.8) is 0 Å². The molecule has 5 heteroatoms. The second-order valence-corrected chi connectivity index (χ2v) is 3.05. The van der Waals surface area contributed by atoms with Crippen LogP contribution in [-0.2, 0) is 9.47 Å². The van der Waals surface area contributed by atoms with Crippen molar-refractivity contribution in [2.24, 2.45) is 0 Å². The highest BCUT2D eigenvalue weighted by Crippen LogP contribution is 2.20. The summed E-state index contributed by atoms with van der Waals surface area (Å²) in [6.07, 6.45) is -2.85. The van der Waals surface area contributed by atoms with Crippen LogP contribution in [0.2, 0.25) is 0 Å². The third-order valence-corrected chi connectivity index (χ3v) is 2.05. The van der Waals surface area contributed by atoms with Gasteiger partial charge in [0.25, 0.3) is 0 Å². The number of aliphatic hydroxyl groups is 3. The fourth-order valence-electron chi connectivity index (χ4n) is 1.34. The highest BCUT2D eigenvalue weighted by molar-refractivity contribution is 4.80. The van der Waals surface area contributed by atoms with Crippen molar-refractivity contribution in [2.45, 2.75) is 37.9 Å². The van der Waals surface area contributed by atoms with Gasteiger partial charge in [-0.3, -0.25) is 0 Å². The number of aliphatic hydroxyl groups excluding tert-OH is 3. The Hall–Kier alpha value is -0.200. The number of ether oxygens (including phenoxy) is 2. The molecule has 13 heavy (non-hydrogen) atoms. The molecular formula is C8H16O5. The van der Waals surface area contributed by atoms with Crippen LogP contribution in [0.25, 0.3) is 0 Å². The molecule has 1 saturated heterocycles. The van der Waals surface area contributed by atoms with Gasteiger partial charge >= 0.3 is 0 Å². The topological polar surface area (TPSA) is 79.2 Å². The number of hydrogen-bond acceptors (Lipinski definition) is 5. The standard InChI is InChI=1S/C8H16O5/c1-2-12-8-6(11)3-5(10)7(4-9)13-8/h5-11H,2-4H2,1H3/t5-,6?,7?,8+/m0/s1. The minimum Gasteiger partial charge on any atom is -0.394 e. The van der Waals surface area contributed by atoms with E-state index >= 15 is 0 Å². The lowest BCUT2D eigenvalue weighted by Crippen LogP contribution is -2.49. The van der Waals surface area contributed by atoms with Crippen LogP contribution < -0.4 is 0 Å². The molecule has 0 amide bonds. The van der Waals surface area contributed by atoms with E-state index in [0.717, 1.165) is 0 Å². The number of hydrogen-bond donors (Lipinski definition) is 3. The Bertz CT molecular complexity index is 151. The molecule has 5 nitrogen and oxygen atoms in total. The lowest BCUT2D eigenvalue weighted by atomic mass is 10.0. The summed E-state index contributed by atoms with van der Waals surface area (Å²) in [6.45, 7) is 1.95. The lowest BCUT2D eigenvalue weighted by Gasteiger charge is -2.35. The first-order chi connectivity index (χ1) is 6.19. The molecule has 0 spiro atoms. The molecule has 0 saturated carbocycles. The number of rotatable bonds is 3. The van der Waals surface area contributed by atoms with Crippen LogP contribution in [0.5, 0.6) is 0 Å². The van der Waals surface area contributed by atoms with E-state index in [1.165, 1.54) is 0 Å². The van der Waals surface area contributed by atoms with E-state index in [1.807, 2.05) is 0 Å². The molecule has 1 rings (SSSR count). The Labute approximate surface area is 76.9 Å². The van der Waals surface area contributed by atoms with Crippen LogP contribution in [0.15, 0.2) is 0 Å². The third-order valence-electron chi connectivity index (χ3n) is 2.05. The van der Waals surface area contributed by atoms with E-state index < -0.39 is 24.6 Å². The molecule has 0 aromatic heterocycles. The molecule has 1 fully saturated rings. The van der Waals surface area contributed by atoms with Crippen LogP contribution in [-0.4, -0.2) is 53.1 Å². The van der Waals surface area contributed by atoms with Gasteiger partial charge in [-0.2, -0.15) is 0 Å². The molecule has 78 valence electrons. The van der Waals surface area contributed by atoms with E-state index in [-0.39, 0.29) is 13.0 Å². The molecule has 0 aliphatic carbocycles. The Morgan fingerprint density at radius 3 is 2.62 bits per heavy atom. The van der Waals surface area contributed by atoms with Gasteiger partial charge in [-0.1, -0.05) is 0 Å². The molecule has 1 aliphatic heterocycles. The third kappa shape index (κ3) is 2.62. The minimum atomic E-state index is -0.822. The zero-order valence-corrected chi connectivity index (χ0v) is 7.59. The van der Waals surface area contributed by atoms with Gasteiger partial charge in [0.15, 0.2) is 6.29 Å². The molecule has 1 heterocycles. The van der Waals surface area contributed by atoms with Gasteiger partial charge < -0.3 is 24.8 Å². The second kappa shape index (κ2) is 4.88. The Morgan fingerprint density at radius 2 is 2.08 bits per heavy atom. The van der Waals surface area contributed by atoms with Gasteiger partial charge in [-0.25, -0.2) is 0 Å². The summed E-state index contributed by atoms with van der Waals surface area (Å²) >= 11 is 0. The average molecular weight is 192 g/mol. The van der Waals surface area contributed by atoms with Crippen molar-refractivity contribution in [1.29, 1.82) is 0 Å². The van der Waals surface area contributed by atoms with Crippen LogP contribution in [0.1, 0.15) is 13.3 Å². The SMILES string of the molecule is CCO[C@@H]1OC(CO)[C@@H](O)CC1O. The van der Waals surface area contributed by atoms with Crippen LogP contribution in [0.4, 0.5) is 0 Å². The normalized spacial score (nSPS) is 40.6. The smallest absolute Gasteiger partial charge is 0.184 e. The van der Waals surface area contributed by atoms with Gasteiger partial charge in [0.1, 0.15) is 12.2 Å². The second-order valence-electron chi connectivity index (χ2n) is 3.05. The van der Waals surface area contributed by atoms with Gasteiger partial charge in [-0.15, -0.1) is 0 Å². The monoisotopic (exact) mass is 192 g/mol. The molecular weight excluding hydrogens is 176 g/mol. The molecule has 0 aromatic rings. The van der Waals surface area contributed by atoms with E-state index in [0.29, 0.717) is 6.61 Å². The van der Waals surface area contributed by atoms with Crippen molar-refractivity contribution in [1.82, 2.24) is 0 Å². The lowest BCUT2D eigenvalue weighted by molar-refractivity contribution is -0.268. The minimum absolute atomic E-state index is 0.176. The zero-order valence-electron chi connectivity index (χ0n) is 7.59. The predicted octanol–water partition coefficient (Wildman–Crippen LogP) is -1.15. The van der Waals surface area contributed by atoms with Crippen LogP contribution in [0.3, 0.4) is 0 Å². The Balaban J connectivity index is 2.48. The molecule has 1 aliphatic rings. The van der Waals surface area contributed by atoms with Crippen molar-refractivity contribution in [3.8, 4) is 0 Å². The highest BCUT2D eigenvalue weighted by Gasteiger charge is 2.36. The largest absolute Gasteiger partial charge is 0.394 e. The van der Waals surface area contributed by atoms with Crippen molar-refractivity contribution in [2.75, 3.05) is 13.2 Å². The summed E-state index contributed by atoms with van der Waals surface area (Å²) in [6, 6.07) is 0. The predicted molar refractivity (Wildman–Crippen MR) is 44.0 cm³/mol. The molecule has 2 unspecified atom stereocenters. The average Bonchev–Trinajstić information content (AvgIpc) is 2.10. The van der Waals surface area contributed by atoms with Crippen molar-refractivity contribution >= 4 is 0 Å². The summed E-state index contributed by atoms with van der Waals surface area (Å²) < 4.78 is 10.2. The van der Waals surface area contributed by atoms with Crippen LogP contribution in [0, 0.1) is 0 Å². The molecule has 0 aromatic carbocycles. The van der Waals surface area contributed by atoms with Gasteiger partial charge in [-0.05, 0) is 6.92 Å². The van der Waals surface area contributed by atoms with Gasteiger partial charge in [0.05, 0.1) is 12.7 Å². The quantitative estimate of drug-likeness (QED) is 0.526. The summed E-state index contributed by atoms with van der Waals surface area (Å²) in [7, 11) is 0. The molecule has 3 N–H and O–H groups in total. The maximum atomic E-state index is 9.39. The van der Waals surface area contributed by atoms with Gasteiger partial charge in [0.2, 0.25) is 0 Å². The van der Waals surface area contributed by atoms with E-state index in [9.17, 15) is 10.2 Å². The van der Waals surface area contributed by atoms with Crippen molar-refractivity contribution < 1.29 is 24.8 Å².